The quantitative estimate of drug-likeness (QED) is 0.602. The van der Waals surface area contributed by atoms with Crippen LogP contribution in [0.15, 0.2) is 66.9 Å². The highest BCUT2D eigenvalue weighted by Crippen LogP contribution is 2.23. The Labute approximate surface area is 140 Å². The minimum atomic E-state index is 0.452. The highest BCUT2D eigenvalue weighted by Gasteiger charge is 2.04. The average molecular weight is 315 g/mol. The van der Waals surface area contributed by atoms with Crippen molar-refractivity contribution in [1.29, 1.82) is 0 Å². The fourth-order valence-corrected chi connectivity index (χ4v) is 2.70. The fourth-order valence-electron chi connectivity index (χ4n) is 2.70. The Hall–Kier alpha value is -3.14. The number of rotatable bonds is 4. The van der Waals surface area contributed by atoms with Crippen molar-refractivity contribution in [3.8, 4) is 17.0 Å². The molecular formula is C20H17N3O. The van der Waals surface area contributed by atoms with Crippen molar-refractivity contribution in [3.63, 3.8) is 0 Å². The van der Waals surface area contributed by atoms with E-state index in [1.807, 2.05) is 61.7 Å². The van der Waals surface area contributed by atoms with Crippen LogP contribution in [0.3, 0.4) is 0 Å². The van der Waals surface area contributed by atoms with Crippen LogP contribution in [-0.2, 0) is 6.61 Å². The van der Waals surface area contributed by atoms with E-state index < -0.39 is 0 Å². The van der Waals surface area contributed by atoms with Crippen molar-refractivity contribution < 1.29 is 4.74 Å². The molecule has 0 unspecified atom stereocenters. The van der Waals surface area contributed by atoms with Crippen LogP contribution in [0.1, 0.15) is 11.3 Å². The van der Waals surface area contributed by atoms with Gasteiger partial charge < -0.3 is 4.74 Å². The summed E-state index contributed by atoms with van der Waals surface area (Å²) in [5, 5.41) is 8.21. The number of pyridine rings is 1. The number of benzene rings is 2. The first-order valence-corrected chi connectivity index (χ1v) is 7.87. The van der Waals surface area contributed by atoms with Gasteiger partial charge in [0.15, 0.2) is 0 Å². The van der Waals surface area contributed by atoms with Gasteiger partial charge in [-0.05, 0) is 48.9 Å². The number of nitrogens with zero attached hydrogens (tertiary/aromatic N) is 2. The molecule has 4 heteroatoms. The van der Waals surface area contributed by atoms with Crippen LogP contribution in [-0.4, -0.2) is 15.2 Å². The van der Waals surface area contributed by atoms with Crippen molar-refractivity contribution in [2.45, 2.75) is 13.5 Å². The summed E-state index contributed by atoms with van der Waals surface area (Å²) < 4.78 is 5.86. The molecule has 0 aliphatic rings. The van der Waals surface area contributed by atoms with Gasteiger partial charge in [-0.2, -0.15) is 5.10 Å². The number of aromatic amines is 1. The second kappa shape index (κ2) is 6.16. The van der Waals surface area contributed by atoms with Crippen LogP contribution >= 0.6 is 0 Å². The van der Waals surface area contributed by atoms with E-state index in [0.29, 0.717) is 6.61 Å². The lowest BCUT2D eigenvalue weighted by Gasteiger charge is -2.08. The minimum Gasteiger partial charge on any atom is -0.487 e. The molecular weight excluding hydrogens is 298 g/mol. The van der Waals surface area contributed by atoms with Gasteiger partial charge in [0.05, 0.1) is 23.1 Å². The summed E-state index contributed by atoms with van der Waals surface area (Å²) in [7, 11) is 0. The van der Waals surface area contributed by atoms with E-state index in [2.05, 4.69) is 27.3 Å². The molecule has 0 saturated carbocycles. The summed E-state index contributed by atoms with van der Waals surface area (Å²) in [5.41, 5.74) is 5.17. The van der Waals surface area contributed by atoms with E-state index in [-0.39, 0.29) is 0 Å². The molecule has 0 spiro atoms. The molecule has 2 aromatic carbocycles. The molecule has 4 aromatic rings. The summed E-state index contributed by atoms with van der Waals surface area (Å²) in [6.45, 7) is 2.49. The molecule has 2 aromatic heterocycles. The predicted octanol–water partition coefficient (Wildman–Crippen LogP) is 4.51. The van der Waals surface area contributed by atoms with E-state index in [1.165, 1.54) is 0 Å². The number of hydrogen-bond donors (Lipinski definition) is 1. The molecule has 0 saturated heterocycles. The molecule has 0 radical (unpaired) electrons. The average Bonchev–Trinajstić information content (AvgIpc) is 3.06. The zero-order valence-corrected chi connectivity index (χ0v) is 13.4. The molecule has 0 aliphatic carbocycles. The highest BCUT2D eigenvalue weighted by molar-refractivity contribution is 5.78. The maximum absolute atomic E-state index is 5.86. The number of nitrogens with one attached hydrogen (secondary N) is 1. The number of H-pyrrole nitrogens is 1. The first-order valence-electron chi connectivity index (χ1n) is 7.87. The van der Waals surface area contributed by atoms with Gasteiger partial charge in [0.25, 0.3) is 0 Å². The van der Waals surface area contributed by atoms with Gasteiger partial charge >= 0.3 is 0 Å². The SMILES string of the molecule is Cc1cn[nH]c1-c1ccc(OCc2ccc3ccccc3n2)cc1. The summed E-state index contributed by atoms with van der Waals surface area (Å²) in [6.07, 6.45) is 1.82. The number of ether oxygens (including phenoxy) is 1. The Balaban J connectivity index is 1.48. The van der Waals surface area contributed by atoms with Gasteiger partial charge in [0, 0.05) is 10.9 Å². The van der Waals surface area contributed by atoms with Gasteiger partial charge in [-0.1, -0.05) is 24.3 Å². The second-order valence-corrected chi connectivity index (χ2v) is 5.74. The first kappa shape index (κ1) is 14.5. The third-order valence-corrected chi connectivity index (χ3v) is 4.01. The number of para-hydroxylation sites is 1. The van der Waals surface area contributed by atoms with Crippen molar-refractivity contribution in [1.82, 2.24) is 15.2 Å². The number of aromatic nitrogens is 3. The smallest absolute Gasteiger partial charge is 0.130 e. The van der Waals surface area contributed by atoms with E-state index >= 15 is 0 Å². The zero-order valence-electron chi connectivity index (χ0n) is 13.4. The molecule has 2 heterocycles. The topological polar surface area (TPSA) is 50.8 Å². The Morgan fingerprint density at radius 2 is 1.79 bits per heavy atom. The number of hydrogen-bond acceptors (Lipinski definition) is 3. The molecule has 0 amide bonds. The Kier molecular flexibility index (Phi) is 3.71. The third kappa shape index (κ3) is 2.86. The lowest BCUT2D eigenvalue weighted by molar-refractivity contribution is 0.302. The zero-order chi connectivity index (χ0) is 16.4. The van der Waals surface area contributed by atoms with E-state index in [0.717, 1.165) is 39.2 Å². The standard InChI is InChI=1S/C20H17N3O/c1-14-12-21-23-20(14)16-7-10-18(11-8-16)24-13-17-9-6-15-4-2-3-5-19(15)22-17/h2-12H,13H2,1H3,(H,21,23). The molecule has 0 aliphatic heterocycles. The van der Waals surface area contributed by atoms with E-state index in [1.54, 1.807) is 0 Å². The summed E-state index contributed by atoms with van der Waals surface area (Å²) in [4.78, 5) is 4.62. The monoisotopic (exact) mass is 315 g/mol. The number of aryl methyl sites for hydroxylation is 1. The lowest BCUT2D eigenvalue weighted by atomic mass is 10.1. The van der Waals surface area contributed by atoms with Crippen LogP contribution in [0.25, 0.3) is 22.2 Å². The van der Waals surface area contributed by atoms with E-state index in [4.69, 9.17) is 4.74 Å². The lowest BCUT2D eigenvalue weighted by Crippen LogP contribution is -1.98. The Morgan fingerprint density at radius 3 is 2.58 bits per heavy atom. The molecule has 0 fully saturated rings. The highest BCUT2D eigenvalue weighted by atomic mass is 16.5. The van der Waals surface area contributed by atoms with Gasteiger partial charge in [0.1, 0.15) is 12.4 Å². The van der Waals surface area contributed by atoms with E-state index in [9.17, 15) is 0 Å². The molecule has 4 rings (SSSR count). The van der Waals surface area contributed by atoms with Gasteiger partial charge in [0.2, 0.25) is 0 Å². The second-order valence-electron chi connectivity index (χ2n) is 5.74. The molecule has 4 nitrogen and oxygen atoms in total. The maximum atomic E-state index is 5.86. The maximum Gasteiger partial charge on any atom is 0.130 e. The Bertz CT molecular complexity index is 974. The van der Waals surface area contributed by atoms with Gasteiger partial charge in [-0.3, -0.25) is 5.10 Å². The fraction of sp³-hybridized carbons (Fsp3) is 0.100. The Morgan fingerprint density at radius 1 is 0.958 bits per heavy atom. The van der Waals surface area contributed by atoms with Crippen LogP contribution in [0, 0.1) is 6.92 Å². The molecule has 24 heavy (non-hydrogen) atoms. The molecule has 0 atom stereocenters. The van der Waals surface area contributed by atoms with Crippen molar-refractivity contribution in [2.24, 2.45) is 0 Å². The molecule has 1 N–H and O–H groups in total. The van der Waals surface area contributed by atoms with Gasteiger partial charge in [-0.15, -0.1) is 0 Å². The summed E-state index contributed by atoms with van der Waals surface area (Å²) in [6, 6.07) is 20.2. The van der Waals surface area contributed by atoms with Crippen LogP contribution < -0.4 is 4.74 Å². The largest absolute Gasteiger partial charge is 0.487 e. The molecule has 118 valence electrons. The van der Waals surface area contributed by atoms with Crippen molar-refractivity contribution >= 4 is 10.9 Å². The minimum absolute atomic E-state index is 0.452. The third-order valence-electron chi connectivity index (χ3n) is 4.01. The summed E-state index contributed by atoms with van der Waals surface area (Å²) in [5.74, 6) is 0.825. The van der Waals surface area contributed by atoms with Crippen molar-refractivity contribution in [2.75, 3.05) is 0 Å². The van der Waals surface area contributed by atoms with Crippen LogP contribution in [0.4, 0.5) is 0 Å². The van der Waals surface area contributed by atoms with Crippen LogP contribution in [0.5, 0.6) is 5.75 Å². The predicted molar refractivity (Wildman–Crippen MR) is 94.8 cm³/mol. The summed E-state index contributed by atoms with van der Waals surface area (Å²) >= 11 is 0. The van der Waals surface area contributed by atoms with Gasteiger partial charge in [-0.25, -0.2) is 4.98 Å². The number of fused-ring (bicyclic) bond motifs is 1. The normalized spacial score (nSPS) is 10.9. The van der Waals surface area contributed by atoms with Crippen molar-refractivity contribution in [3.05, 3.63) is 78.1 Å². The molecule has 0 bridgehead atoms. The van der Waals surface area contributed by atoms with Crippen LogP contribution in [0.2, 0.25) is 0 Å². The first-order chi connectivity index (χ1) is 11.8.